The zero-order chi connectivity index (χ0) is 9.19. The highest BCUT2D eigenvalue weighted by Crippen LogP contribution is 2.37. The average molecular weight is 162 g/mol. The Morgan fingerprint density at radius 1 is 1.42 bits per heavy atom. The standard InChI is InChI=1S/C12H18/c1-5-7-11-10(2)8-6-9-12(11,3)4/h5-9,11H,1-4H3/b7-5+. The van der Waals surface area contributed by atoms with Gasteiger partial charge in [0.05, 0.1) is 0 Å². The molecule has 0 nitrogen and oxygen atoms in total. The second kappa shape index (κ2) is 3.30. The van der Waals surface area contributed by atoms with Gasteiger partial charge < -0.3 is 0 Å². The lowest BCUT2D eigenvalue weighted by atomic mass is 9.72. The van der Waals surface area contributed by atoms with Crippen molar-refractivity contribution in [1.82, 2.24) is 0 Å². The quantitative estimate of drug-likeness (QED) is 0.515. The van der Waals surface area contributed by atoms with Crippen LogP contribution in [0.3, 0.4) is 0 Å². The van der Waals surface area contributed by atoms with Crippen molar-refractivity contribution in [3.05, 3.63) is 36.0 Å². The summed E-state index contributed by atoms with van der Waals surface area (Å²) in [6.07, 6.45) is 11.1. The molecule has 0 saturated heterocycles. The van der Waals surface area contributed by atoms with Crippen LogP contribution < -0.4 is 0 Å². The highest BCUT2D eigenvalue weighted by Gasteiger charge is 2.27. The van der Waals surface area contributed by atoms with Gasteiger partial charge in [-0.3, -0.25) is 0 Å². The van der Waals surface area contributed by atoms with E-state index in [-0.39, 0.29) is 5.41 Å². The molecule has 1 rings (SSSR count). The number of hydrogen-bond donors (Lipinski definition) is 0. The van der Waals surface area contributed by atoms with Crippen LogP contribution in [0.15, 0.2) is 36.0 Å². The molecule has 0 spiro atoms. The predicted octanol–water partition coefficient (Wildman–Crippen LogP) is 3.72. The van der Waals surface area contributed by atoms with E-state index in [1.165, 1.54) is 5.57 Å². The zero-order valence-electron chi connectivity index (χ0n) is 8.46. The van der Waals surface area contributed by atoms with E-state index in [9.17, 15) is 0 Å². The first kappa shape index (κ1) is 9.31. The zero-order valence-corrected chi connectivity index (χ0v) is 8.46. The molecule has 0 bridgehead atoms. The lowest BCUT2D eigenvalue weighted by Crippen LogP contribution is -2.22. The molecule has 0 saturated carbocycles. The molecular formula is C12H18. The van der Waals surface area contributed by atoms with Crippen molar-refractivity contribution in [2.75, 3.05) is 0 Å². The molecule has 0 heteroatoms. The van der Waals surface area contributed by atoms with Gasteiger partial charge in [-0.05, 0) is 19.3 Å². The molecule has 0 amide bonds. The fourth-order valence-corrected chi connectivity index (χ4v) is 1.83. The van der Waals surface area contributed by atoms with Crippen molar-refractivity contribution in [2.45, 2.75) is 27.7 Å². The average Bonchev–Trinajstić information content (AvgIpc) is 1.97. The Kier molecular flexibility index (Phi) is 2.56. The molecule has 0 aromatic heterocycles. The molecule has 0 aliphatic heterocycles. The first-order valence-electron chi connectivity index (χ1n) is 4.57. The third-order valence-electron chi connectivity index (χ3n) is 2.56. The minimum atomic E-state index is 0.283. The maximum Gasteiger partial charge on any atom is 0.00629 e. The second-order valence-electron chi connectivity index (χ2n) is 4.09. The SMILES string of the molecule is C/C=C/C1C(C)=CC=CC1(C)C. The molecule has 0 radical (unpaired) electrons. The molecule has 66 valence electrons. The summed E-state index contributed by atoms with van der Waals surface area (Å²) >= 11 is 0. The molecule has 0 aromatic rings. The van der Waals surface area contributed by atoms with Gasteiger partial charge in [0, 0.05) is 5.92 Å². The van der Waals surface area contributed by atoms with Crippen molar-refractivity contribution < 1.29 is 0 Å². The molecular weight excluding hydrogens is 144 g/mol. The Hall–Kier alpha value is -0.780. The molecule has 0 N–H and O–H groups in total. The lowest BCUT2D eigenvalue weighted by molar-refractivity contribution is 0.380. The predicted molar refractivity (Wildman–Crippen MR) is 55.0 cm³/mol. The van der Waals surface area contributed by atoms with Gasteiger partial charge in [0.2, 0.25) is 0 Å². The summed E-state index contributed by atoms with van der Waals surface area (Å²) in [5.41, 5.74) is 1.74. The largest absolute Gasteiger partial charge is 0.0910 e. The van der Waals surface area contributed by atoms with Crippen LogP contribution >= 0.6 is 0 Å². The smallest absolute Gasteiger partial charge is 0.00629 e. The number of hydrogen-bond acceptors (Lipinski definition) is 0. The minimum Gasteiger partial charge on any atom is -0.0910 e. The van der Waals surface area contributed by atoms with Gasteiger partial charge in [0.1, 0.15) is 0 Å². The van der Waals surface area contributed by atoms with Gasteiger partial charge in [-0.25, -0.2) is 0 Å². The van der Waals surface area contributed by atoms with Crippen LogP contribution in [0.1, 0.15) is 27.7 Å². The maximum atomic E-state index is 2.29. The van der Waals surface area contributed by atoms with Crippen LogP contribution in [0.4, 0.5) is 0 Å². The fourth-order valence-electron chi connectivity index (χ4n) is 1.83. The van der Waals surface area contributed by atoms with Crippen LogP contribution in [0.25, 0.3) is 0 Å². The van der Waals surface area contributed by atoms with Gasteiger partial charge >= 0.3 is 0 Å². The monoisotopic (exact) mass is 162 g/mol. The Morgan fingerprint density at radius 3 is 2.58 bits per heavy atom. The molecule has 0 heterocycles. The van der Waals surface area contributed by atoms with Crippen LogP contribution in [0.5, 0.6) is 0 Å². The van der Waals surface area contributed by atoms with E-state index in [0.717, 1.165) is 0 Å². The summed E-state index contributed by atoms with van der Waals surface area (Å²) in [4.78, 5) is 0. The van der Waals surface area contributed by atoms with E-state index in [4.69, 9.17) is 0 Å². The Morgan fingerprint density at radius 2 is 2.08 bits per heavy atom. The maximum absolute atomic E-state index is 2.29. The van der Waals surface area contributed by atoms with E-state index in [1.54, 1.807) is 0 Å². The molecule has 0 fully saturated rings. The molecule has 1 unspecified atom stereocenters. The van der Waals surface area contributed by atoms with Gasteiger partial charge in [-0.1, -0.05) is 49.8 Å². The molecule has 12 heavy (non-hydrogen) atoms. The van der Waals surface area contributed by atoms with Crippen LogP contribution in [0, 0.1) is 11.3 Å². The first-order chi connectivity index (χ1) is 5.58. The molecule has 1 atom stereocenters. The number of rotatable bonds is 1. The van der Waals surface area contributed by atoms with Crippen molar-refractivity contribution in [1.29, 1.82) is 0 Å². The summed E-state index contributed by atoms with van der Waals surface area (Å²) < 4.78 is 0. The molecule has 1 aliphatic carbocycles. The minimum absolute atomic E-state index is 0.283. The second-order valence-corrected chi connectivity index (χ2v) is 4.09. The highest BCUT2D eigenvalue weighted by atomic mass is 14.3. The first-order valence-corrected chi connectivity index (χ1v) is 4.57. The summed E-state index contributed by atoms with van der Waals surface area (Å²) in [6.45, 7) is 8.85. The summed E-state index contributed by atoms with van der Waals surface area (Å²) in [7, 11) is 0. The van der Waals surface area contributed by atoms with Crippen molar-refractivity contribution in [3.8, 4) is 0 Å². The Bertz CT molecular complexity index is 239. The van der Waals surface area contributed by atoms with Crippen molar-refractivity contribution in [3.63, 3.8) is 0 Å². The Labute approximate surface area is 75.7 Å². The highest BCUT2D eigenvalue weighted by molar-refractivity contribution is 5.28. The fraction of sp³-hybridized carbons (Fsp3) is 0.500. The van der Waals surface area contributed by atoms with Crippen LogP contribution in [-0.4, -0.2) is 0 Å². The van der Waals surface area contributed by atoms with Gasteiger partial charge in [-0.2, -0.15) is 0 Å². The van der Waals surface area contributed by atoms with E-state index >= 15 is 0 Å². The van der Waals surface area contributed by atoms with Gasteiger partial charge in [-0.15, -0.1) is 0 Å². The normalized spacial score (nSPS) is 27.7. The third-order valence-corrected chi connectivity index (χ3v) is 2.56. The van der Waals surface area contributed by atoms with Crippen molar-refractivity contribution in [2.24, 2.45) is 11.3 Å². The summed E-state index contributed by atoms with van der Waals surface area (Å²) in [6, 6.07) is 0. The van der Waals surface area contributed by atoms with E-state index in [0.29, 0.717) is 5.92 Å². The lowest BCUT2D eigenvalue weighted by Gasteiger charge is -2.32. The molecule has 1 aliphatic rings. The third kappa shape index (κ3) is 1.69. The van der Waals surface area contributed by atoms with Gasteiger partial charge in [0.25, 0.3) is 0 Å². The van der Waals surface area contributed by atoms with E-state index in [1.807, 2.05) is 0 Å². The van der Waals surface area contributed by atoms with Crippen LogP contribution in [0.2, 0.25) is 0 Å². The topological polar surface area (TPSA) is 0 Å². The number of allylic oxidation sites excluding steroid dienone is 6. The van der Waals surface area contributed by atoms with Crippen molar-refractivity contribution >= 4 is 0 Å². The van der Waals surface area contributed by atoms with E-state index in [2.05, 4.69) is 58.1 Å². The van der Waals surface area contributed by atoms with Crippen LogP contribution in [-0.2, 0) is 0 Å². The molecule has 0 aromatic carbocycles. The summed E-state index contributed by atoms with van der Waals surface area (Å²) in [5, 5.41) is 0. The van der Waals surface area contributed by atoms with E-state index < -0.39 is 0 Å². The Balaban J connectivity index is 2.95. The van der Waals surface area contributed by atoms with Gasteiger partial charge in [0.15, 0.2) is 0 Å². The summed E-state index contributed by atoms with van der Waals surface area (Å²) in [5.74, 6) is 0.576.